The van der Waals surface area contributed by atoms with E-state index in [9.17, 15) is 4.39 Å². The summed E-state index contributed by atoms with van der Waals surface area (Å²) in [6.45, 7) is 0.640. The van der Waals surface area contributed by atoms with Gasteiger partial charge in [0.2, 0.25) is 0 Å². The van der Waals surface area contributed by atoms with Crippen LogP contribution in [0.4, 0.5) is 4.39 Å². The SMILES string of the molecule is Fc1c(Br)ccc(C2CO2)c1Cl. The lowest BCUT2D eigenvalue weighted by Gasteiger charge is -2.02. The molecule has 1 aromatic carbocycles. The summed E-state index contributed by atoms with van der Waals surface area (Å²) in [5.41, 5.74) is 0.734. The lowest BCUT2D eigenvalue weighted by Crippen LogP contribution is -1.87. The molecule has 1 aliphatic rings. The van der Waals surface area contributed by atoms with E-state index < -0.39 is 5.82 Å². The molecular formula is C8H5BrClFO. The van der Waals surface area contributed by atoms with Crippen LogP contribution in [0.5, 0.6) is 0 Å². The molecule has 64 valence electrons. The highest BCUT2D eigenvalue weighted by Gasteiger charge is 2.28. The quantitative estimate of drug-likeness (QED) is 0.551. The zero-order chi connectivity index (χ0) is 8.72. The number of rotatable bonds is 1. The molecule has 0 saturated carbocycles. The molecule has 0 aliphatic carbocycles. The van der Waals surface area contributed by atoms with Crippen LogP contribution in [-0.2, 0) is 4.74 Å². The first kappa shape index (κ1) is 8.48. The van der Waals surface area contributed by atoms with Gasteiger partial charge in [-0.3, -0.25) is 0 Å². The van der Waals surface area contributed by atoms with Gasteiger partial charge >= 0.3 is 0 Å². The van der Waals surface area contributed by atoms with Crippen LogP contribution >= 0.6 is 27.5 Å². The molecule has 1 nitrogen and oxygen atoms in total. The molecule has 1 fully saturated rings. The second kappa shape index (κ2) is 2.98. The van der Waals surface area contributed by atoms with Crippen LogP contribution in [0.15, 0.2) is 16.6 Å². The van der Waals surface area contributed by atoms with Crippen LogP contribution in [0.2, 0.25) is 5.02 Å². The molecule has 0 amide bonds. The summed E-state index contributed by atoms with van der Waals surface area (Å²) in [4.78, 5) is 0. The van der Waals surface area contributed by atoms with E-state index in [4.69, 9.17) is 16.3 Å². The Morgan fingerprint density at radius 3 is 2.83 bits per heavy atom. The number of epoxide rings is 1. The molecule has 2 rings (SSSR count). The topological polar surface area (TPSA) is 12.5 Å². The van der Waals surface area contributed by atoms with Gasteiger partial charge in [0.15, 0.2) is 5.82 Å². The Morgan fingerprint density at radius 1 is 1.58 bits per heavy atom. The average Bonchev–Trinajstić information content (AvgIpc) is 2.84. The Labute approximate surface area is 82.6 Å². The van der Waals surface area contributed by atoms with Gasteiger partial charge in [-0.25, -0.2) is 4.39 Å². The summed E-state index contributed by atoms with van der Waals surface area (Å²) in [5, 5.41) is 0.159. The van der Waals surface area contributed by atoms with Crippen LogP contribution < -0.4 is 0 Å². The molecular weight excluding hydrogens is 246 g/mol. The van der Waals surface area contributed by atoms with Crippen molar-refractivity contribution in [2.75, 3.05) is 6.61 Å². The van der Waals surface area contributed by atoms with Crippen molar-refractivity contribution in [3.05, 3.63) is 33.0 Å². The molecule has 0 N–H and O–H groups in total. The first-order valence-electron chi connectivity index (χ1n) is 3.45. The summed E-state index contributed by atoms with van der Waals surface area (Å²) >= 11 is 8.80. The minimum absolute atomic E-state index is 0.0000926. The maximum atomic E-state index is 13.1. The monoisotopic (exact) mass is 250 g/mol. The van der Waals surface area contributed by atoms with E-state index in [1.165, 1.54) is 0 Å². The maximum Gasteiger partial charge on any atom is 0.156 e. The van der Waals surface area contributed by atoms with Crippen molar-refractivity contribution in [1.82, 2.24) is 0 Å². The normalized spacial score (nSPS) is 21.1. The lowest BCUT2D eigenvalue weighted by atomic mass is 10.1. The zero-order valence-corrected chi connectivity index (χ0v) is 8.32. The van der Waals surface area contributed by atoms with Crippen molar-refractivity contribution in [2.45, 2.75) is 6.10 Å². The van der Waals surface area contributed by atoms with E-state index in [0.717, 1.165) is 5.56 Å². The molecule has 1 aliphatic heterocycles. The summed E-state index contributed by atoms with van der Waals surface area (Å²) in [6.07, 6.45) is 0.0000926. The van der Waals surface area contributed by atoms with E-state index in [1.807, 2.05) is 0 Å². The van der Waals surface area contributed by atoms with E-state index in [1.54, 1.807) is 12.1 Å². The summed E-state index contributed by atoms with van der Waals surface area (Å²) in [7, 11) is 0. The average molecular weight is 251 g/mol. The van der Waals surface area contributed by atoms with Gasteiger partial charge < -0.3 is 4.74 Å². The van der Waals surface area contributed by atoms with Crippen LogP contribution in [0, 0.1) is 5.82 Å². The Hall–Kier alpha value is -0.120. The fraction of sp³-hybridized carbons (Fsp3) is 0.250. The minimum Gasteiger partial charge on any atom is -0.368 e. The fourth-order valence-electron chi connectivity index (χ4n) is 1.02. The number of halogens is 3. The van der Waals surface area contributed by atoms with Crippen LogP contribution in [0.1, 0.15) is 11.7 Å². The first-order chi connectivity index (χ1) is 5.70. The number of hydrogen-bond acceptors (Lipinski definition) is 1. The predicted molar refractivity (Wildman–Crippen MR) is 47.8 cm³/mol. The molecule has 1 unspecified atom stereocenters. The van der Waals surface area contributed by atoms with Gasteiger partial charge in [-0.15, -0.1) is 0 Å². The third-order valence-corrected chi connectivity index (χ3v) is 2.74. The molecule has 4 heteroatoms. The van der Waals surface area contributed by atoms with Crippen molar-refractivity contribution < 1.29 is 9.13 Å². The molecule has 1 aromatic rings. The highest BCUT2D eigenvalue weighted by Crippen LogP contribution is 2.37. The number of hydrogen-bond donors (Lipinski definition) is 0. The number of ether oxygens (including phenoxy) is 1. The van der Waals surface area contributed by atoms with Crippen molar-refractivity contribution in [3.8, 4) is 0 Å². The first-order valence-corrected chi connectivity index (χ1v) is 4.62. The largest absolute Gasteiger partial charge is 0.368 e. The van der Waals surface area contributed by atoms with E-state index in [-0.39, 0.29) is 11.1 Å². The van der Waals surface area contributed by atoms with Crippen molar-refractivity contribution in [2.24, 2.45) is 0 Å². The van der Waals surface area contributed by atoms with Gasteiger partial charge in [-0.2, -0.15) is 0 Å². The molecule has 1 heterocycles. The van der Waals surface area contributed by atoms with E-state index in [0.29, 0.717) is 11.1 Å². The second-order valence-corrected chi connectivity index (χ2v) is 3.82. The molecule has 1 atom stereocenters. The van der Waals surface area contributed by atoms with Crippen LogP contribution in [0.3, 0.4) is 0 Å². The Kier molecular flexibility index (Phi) is 2.10. The Bertz CT molecular complexity index is 325. The standard InChI is InChI=1S/C8H5BrClFO/c9-5-2-1-4(6-3-12-6)7(10)8(5)11/h1-2,6H,3H2. The smallest absolute Gasteiger partial charge is 0.156 e. The lowest BCUT2D eigenvalue weighted by molar-refractivity contribution is 0.415. The Balaban J connectivity index is 2.49. The van der Waals surface area contributed by atoms with Crippen molar-refractivity contribution in [3.63, 3.8) is 0 Å². The van der Waals surface area contributed by atoms with E-state index in [2.05, 4.69) is 15.9 Å². The van der Waals surface area contributed by atoms with Crippen LogP contribution in [-0.4, -0.2) is 6.61 Å². The number of benzene rings is 1. The third-order valence-electron chi connectivity index (χ3n) is 1.75. The van der Waals surface area contributed by atoms with Gasteiger partial charge in [-0.1, -0.05) is 17.7 Å². The summed E-state index contributed by atoms with van der Waals surface area (Å²) < 4.78 is 18.5. The summed E-state index contributed by atoms with van der Waals surface area (Å²) in [6, 6.07) is 3.41. The predicted octanol–water partition coefficient (Wildman–Crippen LogP) is 3.31. The summed E-state index contributed by atoms with van der Waals surface area (Å²) in [5.74, 6) is -0.412. The maximum absolute atomic E-state index is 13.1. The molecule has 12 heavy (non-hydrogen) atoms. The zero-order valence-electron chi connectivity index (χ0n) is 5.98. The molecule has 0 spiro atoms. The van der Waals surface area contributed by atoms with Crippen LogP contribution in [0.25, 0.3) is 0 Å². The molecule has 0 aromatic heterocycles. The van der Waals surface area contributed by atoms with Crippen molar-refractivity contribution >= 4 is 27.5 Å². The van der Waals surface area contributed by atoms with E-state index >= 15 is 0 Å². The van der Waals surface area contributed by atoms with Gasteiger partial charge in [-0.05, 0) is 22.0 Å². The Morgan fingerprint density at radius 2 is 2.25 bits per heavy atom. The highest BCUT2D eigenvalue weighted by molar-refractivity contribution is 9.10. The third kappa shape index (κ3) is 1.37. The molecule has 0 bridgehead atoms. The molecule has 0 radical (unpaired) electrons. The van der Waals surface area contributed by atoms with Gasteiger partial charge in [0.05, 0.1) is 16.1 Å². The minimum atomic E-state index is -0.412. The van der Waals surface area contributed by atoms with Crippen molar-refractivity contribution in [1.29, 1.82) is 0 Å². The van der Waals surface area contributed by atoms with Gasteiger partial charge in [0.1, 0.15) is 6.10 Å². The fourth-order valence-corrected chi connectivity index (χ4v) is 1.75. The highest BCUT2D eigenvalue weighted by atomic mass is 79.9. The van der Waals surface area contributed by atoms with Gasteiger partial charge in [0, 0.05) is 5.56 Å². The second-order valence-electron chi connectivity index (χ2n) is 2.59. The van der Waals surface area contributed by atoms with Gasteiger partial charge in [0.25, 0.3) is 0 Å². The molecule has 1 saturated heterocycles.